The Morgan fingerprint density at radius 1 is 1.38 bits per heavy atom. The van der Waals surface area contributed by atoms with Crippen LogP contribution in [0.4, 0.5) is 4.39 Å². The number of benzene rings is 1. The molecule has 1 fully saturated rings. The number of nitrogens with zero attached hydrogens (tertiary/aromatic N) is 1. The zero-order valence-electron chi connectivity index (χ0n) is 12.6. The van der Waals surface area contributed by atoms with Crippen LogP contribution in [-0.4, -0.2) is 35.4 Å². The fraction of sp³-hybridized carbons (Fsp3) is 0.467. The zero-order chi connectivity index (χ0) is 15.8. The van der Waals surface area contributed by atoms with Gasteiger partial charge in [-0.05, 0) is 26.8 Å². The predicted octanol–water partition coefficient (Wildman–Crippen LogP) is 1.46. The Balaban J connectivity index is 2.31. The van der Waals surface area contributed by atoms with Crippen LogP contribution < -0.4 is 10.1 Å². The molecule has 1 atom stereocenters. The van der Waals surface area contributed by atoms with Crippen molar-refractivity contribution in [1.29, 1.82) is 0 Å². The van der Waals surface area contributed by atoms with Gasteiger partial charge in [0.25, 0.3) is 0 Å². The van der Waals surface area contributed by atoms with Crippen molar-refractivity contribution in [2.24, 2.45) is 0 Å². The number of nitrogens with one attached hydrogen (secondary N) is 1. The molecule has 5 nitrogen and oxygen atoms in total. The molecular formula is C15H19FN2O3. The summed E-state index contributed by atoms with van der Waals surface area (Å²) in [4.78, 5) is 25.7. The molecule has 1 aliphatic heterocycles. The van der Waals surface area contributed by atoms with E-state index in [1.165, 1.54) is 18.1 Å². The van der Waals surface area contributed by atoms with E-state index >= 15 is 0 Å². The largest absolute Gasteiger partial charge is 0.497 e. The van der Waals surface area contributed by atoms with Crippen molar-refractivity contribution in [3.05, 3.63) is 29.6 Å². The van der Waals surface area contributed by atoms with Gasteiger partial charge in [0.15, 0.2) is 0 Å². The Kier molecular flexibility index (Phi) is 3.89. The molecule has 0 aliphatic carbocycles. The first-order valence-corrected chi connectivity index (χ1v) is 6.72. The number of ether oxygens (including phenoxy) is 1. The minimum atomic E-state index is -1.02. The number of hydrogen-bond acceptors (Lipinski definition) is 3. The predicted molar refractivity (Wildman–Crippen MR) is 75.2 cm³/mol. The highest BCUT2D eigenvalue weighted by Crippen LogP contribution is 2.25. The van der Waals surface area contributed by atoms with Gasteiger partial charge in [-0.15, -0.1) is 0 Å². The molecule has 1 aliphatic rings. The summed E-state index contributed by atoms with van der Waals surface area (Å²) in [5, 5.41) is 2.62. The number of halogens is 1. The molecule has 0 bridgehead atoms. The third-order valence-electron chi connectivity index (χ3n) is 3.80. The van der Waals surface area contributed by atoms with Crippen LogP contribution in [0, 0.1) is 5.82 Å². The maximum Gasteiger partial charge on any atom is 0.246 e. The van der Waals surface area contributed by atoms with Crippen molar-refractivity contribution < 1.29 is 18.7 Å². The molecule has 2 rings (SSSR count). The lowest BCUT2D eigenvalue weighted by Crippen LogP contribution is -2.67. The van der Waals surface area contributed by atoms with Crippen molar-refractivity contribution in [2.75, 3.05) is 7.11 Å². The van der Waals surface area contributed by atoms with E-state index in [-0.39, 0.29) is 18.4 Å². The molecule has 1 aromatic carbocycles. The van der Waals surface area contributed by atoms with Crippen LogP contribution in [0.1, 0.15) is 26.3 Å². The maximum absolute atomic E-state index is 14.0. The van der Waals surface area contributed by atoms with E-state index in [1.54, 1.807) is 32.9 Å². The molecule has 6 heteroatoms. The van der Waals surface area contributed by atoms with E-state index in [1.807, 2.05) is 0 Å². The van der Waals surface area contributed by atoms with Crippen molar-refractivity contribution in [2.45, 2.75) is 38.9 Å². The topological polar surface area (TPSA) is 58.6 Å². The monoisotopic (exact) mass is 294 g/mol. The van der Waals surface area contributed by atoms with Crippen LogP contribution in [0.3, 0.4) is 0 Å². The van der Waals surface area contributed by atoms with E-state index in [0.29, 0.717) is 11.3 Å². The Hall–Kier alpha value is -2.11. The summed E-state index contributed by atoms with van der Waals surface area (Å²) in [7, 11) is 1.46. The molecule has 21 heavy (non-hydrogen) atoms. The van der Waals surface area contributed by atoms with Gasteiger partial charge in [0.1, 0.15) is 23.1 Å². The van der Waals surface area contributed by atoms with Gasteiger partial charge >= 0.3 is 0 Å². The lowest BCUT2D eigenvalue weighted by atomic mass is 9.95. The zero-order valence-corrected chi connectivity index (χ0v) is 12.6. The lowest BCUT2D eigenvalue weighted by Gasteiger charge is -2.43. The summed E-state index contributed by atoms with van der Waals surface area (Å²) in [5.74, 6) is -0.526. The summed E-state index contributed by atoms with van der Waals surface area (Å²) in [6.45, 7) is 4.95. The first-order valence-electron chi connectivity index (χ1n) is 6.72. The Morgan fingerprint density at radius 3 is 2.62 bits per heavy atom. The van der Waals surface area contributed by atoms with Crippen molar-refractivity contribution >= 4 is 11.8 Å². The first-order chi connectivity index (χ1) is 9.77. The molecule has 1 unspecified atom stereocenters. The van der Waals surface area contributed by atoms with Crippen LogP contribution in [0.2, 0.25) is 0 Å². The standard InChI is InChI=1S/C15H19FN2O3/c1-9-13(19)18(15(2,3)14(20)17-9)8-10-5-6-11(21-4)7-12(10)16/h5-7,9H,8H2,1-4H3,(H,17,20). The number of hydrogen-bond donors (Lipinski definition) is 1. The molecule has 0 saturated carbocycles. The number of rotatable bonds is 3. The van der Waals surface area contributed by atoms with Crippen LogP contribution in [0.5, 0.6) is 5.75 Å². The number of methoxy groups -OCH3 is 1. The molecule has 1 heterocycles. The summed E-state index contributed by atoms with van der Waals surface area (Å²) >= 11 is 0. The van der Waals surface area contributed by atoms with Gasteiger partial charge in [0.2, 0.25) is 11.8 Å². The van der Waals surface area contributed by atoms with E-state index in [2.05, 4.69) is 5.32 Å². The molecular weight excluding hydrogens is 275 g/mol. The average molecular weight is 294 g/mol. The van der Waals surface area contributed by atoms with Gasteiger partial charge in [-0.2, -0.15) is 0 Å². The summed E-state index contributed by atoms with van der Waals surface area (Å²) < 4.78 is 19.0. The minimum Gasteiger partial charge on any atom is -0.497 e. The van der Waals surface area contributed by atoms with Crippen molar-refractivity contribution in [3.63, 3.8) is 0 Å². The van der Waals surface area contributed by atoms with Crippen molar-refractivity contribution in [1.82, 2.24) is 10.2 Å². The van der Waals surface area contributed by atoms with Crippen LogP contribution in [0.25, 0.3) is 0 Å². The molecule has 1 aromatic rings. The minimum absolute atomic E-state index is 0.0411. The fourth-order valence-corrected chi connectivity index (χ4v) is 2.30. The van der Waals surface area contributed by atoms with Gasteiger partial charge in [-0.1, -0.05) is 6.07 Å². The normalized spacial score (nSPS) is 21.2. The van der Waals surface area contributed by atoms with Gasteiger partial charge in [0.05, 0.1) is 7.11 Å². The smallest absolute Gasteiger partial charge is 0.246 e. The van der Waals surface area contributed by atoms with Gasteiger partial charge in [0, 0.05) is 18.2 Å². The second-order valence-electron chi connectivity index (χ2n) is 5.64. The molecule has 0 spiro atoms. The Morgan fingerprint density at radius 2 is 2.05 bits per heavy atom. The van der Waals surface area contributed by atoms with Crippen LogP contribution in [0.15, 0.2) is 18.2 Å². The first kappa shape index (κ1) is 15.3. The van der Waals surface area contributed by atoms with Crippen LogP contribution >= 0.6 is 0 Å². The molecule has 0 radical (unpaired) electrons. The SMILES string of the molecule is COc1ccc(CN2C(=O)C(C)NC(=O)C2(C)C)c(F)c1. The summed E-state index contributed by atoms with van der Waals surface area (Å²) in [6, 6.07) is 3.85. The number of piperazine rings is 1. The molecule has 1 N–H and O–H groups in total. The molecule has 1 saturated heterocycles. The third-order valence-corrected chi connectivity index (χ3v) is 3.80. The van der Waals surface area contributed by atoms with Gasteiger partial charge < -0.3 is 15.0 Å². The highest BCUT2D eigenvalue weighted by Gasteiger charge is 2.44. The highest BCUT2D eigenvalue weighted by atomic mass is 19.1. The second kappa shape index (κ2) is 5.35. The Labute approximate surface area is 123 Å². The van der Waals surface area contributed by atoms with E-state index < -0.39 is 17.4 Å². The van der Waals surface area contributed by atoms with E-state index in [4.69, 9.17) is 4.74 Å². The van der Waals surface area contributed by atoms with Crippen LogP contribution in [-0.2, 0) is 16.1 Å². The molecule has 2 amide bonds. The Bertz CT molecular complexity index is 586. The quantitative estimate of drug-likeness (QED) is 0.918. The summed E-state index contributed by atoms with van der Waals surface area (Å²) in [5.41, 5.74) is -0.671. The number of carbonyl (C=O) groups excluding carboxylic acids is 2. The fourth-order valence-electron chi connectivity index (χ4n) is 2.30. The average Bonchev–Trinajstić information content (AvgIpc) is 2.43. The molecule has 114 valence electrons. The van der Waals surface area contributed by atoms with Gasteiger partial charge in [-0.3, -0.25) is 9.59 Å². The third kappa shape index (κ3) is 2.70. The van der Waals surface area contributed by atoms with E-state index in [9.17, 15) is 14.0 Å². The second-order valence-corrected chi connectivity index (χ2v) is 5.64. The maximum atomic E-state index is 14.0. The molecule has 0 aromatic heterocycles. The van der Waals surface area contributed by atoms with Gasteiger partial charge in [-0.25, -0.2) is 4.39 Å². The highest BCUT2D eigenvalue weighted by molar-refractivity contribution is 5.99. The van der Waals surface area contributed by atoms with E-state index in [0.717, 1.165) is 0 Å². The van der Waals surface area contributed by atoms with Crippen molar-refractivity contribution in [3.8, 4) is 5.75 Å². The lowest BCUT2D eigenvalue weighted by molar-refractivity contribution is -0.155. The summed E-state index contributed by atoms with van der Waals surface area (Å²) in [6.07, 6.45) is 0. The number of amides is 2. The number of carbonyl (C=O) groups is 2.